The number of rotatable bonds is 6. The largest absolute Gasteiger partial charge is 0.490 e. The zero-order chi connectivity index (χ0) is 22.7. The third kappa shape index (κ3) is 4.73. The van der Waals surface area contributed by atoms with Crippen LogP contribution in [0.5, 0.6) is 5.75 Å². The Balaban J connectivity index is 1.80. The minimum absolute atomic E-state index is 0.0437. The van der Waals surface area contributed by atoms with Crippen molar-refractivity contribution in [1.82, 2.24) is 0 Å². The van der Waals surface area contributed by atoms with Gasteiger partial charge >= 0.3 is 0 Å². The lowest BCUT2D eigenvalue weighted by molar-refractivity contribution is 0.0895. The lowest BCUT2D eigenvalue weighted by Crippen LogP contribution is -2.37. The average Bonchev–Trinajstić information content (AvgIpc) is 3.63. The average molecular weight is 430 g/mol. The van der Waals surface area contributed by atoms with E-state index in [2.05, 4.69) is 20.8 Å². The molecule has 0 spiro atoms. The second-order valence-corrected chi connectivity index (χ2v) is 8.85. The molecule has 0 bridgehead atoms. The minimum Gasteiger partial charge on any atom is -0.490 e. The molecule has 1 atom stereocenters. The van der Waals surface area contributed by atoms with Crippen molar-refractivity contribution < 1.29 is 19.1 Å². The Morgan fingerprint density at radius 1 is 0.906 bits per heavy atom. The molecular weight excluding hydrogens is 402 g/mol. The number of anilines is 1. The highest BCUT2D eigenvalue weighted by atomic mass is 16.6. The van der Waals surface area contributed by atoms with E-state index in [1.165, 1.54) is 4.90 Å². The maximum Gasteiger partial charge on any atom is 0.269 e. The number of hydrogen-bond donors (Lipinski definition) is 0. The molecule has 0 saturated carbocycles. The summed E-state index contributed by atoms with van der Waals surface area (Å²) in [4.78, 5) is 28.6. The van der Waals surface area contributed by atoms with E-state index in [1.807, 2.05) is 24.3 Å². The predicted molar refractivity (Wildman–Crippen MR) is 124 cm³/mol. The maximum absolute atomic E-state index is 13.9. The molecule has 5 heteroatoms. The Labute approximate surface area is 188 Å². The second-order valence-electron chi connectivity index (χ2n) is 8.85. The maximum atomic E-state index is 13.9. The normalized spacial score (nSPS) is 15.2. The van der Waals surface area contributed by atoms with Gasteiger partial charge in [0.1, 0.15) is 18.5 Å². The van der Waals surface area contributed by atoms with Crippen molar-refractivity contribution in [2.45, 2.75) is 32.3 Å². The Bertz CT molecular complexity index is 1100. The van der Waals surface area contributed by atoms with Crippen molar-refractivity contribution in [2.24, 2.45) is 0 Å². The molecule has 3 aromatic rings. The van der Waals surface area contributed by atoms with Gasteiger partial charge in [-0.1, -0.05) is 69.3 Å². The number of nitrogens with zero attached hydrogens (tertiary/aromatic N) is 1. The number of amides is 2. The van der Waals surface area contributed by atoms with Gasteiger partial charge in [0, 0.05) is 11.1 Å². The van der Waals surface area contributed by atoms with E-state index in [4.69, 9.17) is 9.47 Å². The zero-order valence-electron chi connectivity index (χ0n) is 18.6. The van der Waals surface area contributed by atoms with E-state index in [-0.39, 0.29) is 17.4 Å². The summed E-state index contributed by atoms with van der Waals surface area (Å²) < 4.78 is 11.4. The van der Waals surface area contributed by atoms with Crippen molar-refractivity contribution in [3.8, 4) is 5.75 Å². The quantitative estimate of drug-likeness (QED) is 0.397. The molecule has 32 heavy (non-hydrogen) atoms. The third-order valence-corrected chi connectivity index (χ3v) is 5.31. The fourth-order valence-corrected chi connectivity index (χ4v) is 3.53. The molecule has 164 valence electrons. The first-order chi connectivity index (χ1) is 15.4. The van der Waals surface area contributed by atoms with Crippen molar-refractivity contribution >= 4 is 17.5 Å². The van der Waals surface area contributed by atoms with Crippen LogP contribution in [-0.4, -0.2) is 31.1 Å². The second kappa shape index (κ2) is 8.97. The number of carbonyl (C=O) groups excluding carboxylic acids is 2. The molecule has 1 saturated heterocycles. The van der Waals surface area contributed by atoms with Crippen LogP contribution in [0.15, 0.2) is 78.9 Å². The molecule has 2 amide bonds. The molecule has 1 heterocycles. The lowest BCUT2D eigenvalue weighted by Gasteiger charge is -2.27. The first kappa shape index (κ1) is 21.8. The summed E-state index contributed by atoms with van der Waals surface area (Å²) in [6, 6.07) is 23.3. The molecule has 1 fully saturated rings. The van der Waals surface area contributed by atoms with Gasteiger partial charge in [0.25, 0.3) is 11.8 Å². The van der Waals surface area contributed by atoms with E-state index in [0.29, 0.717) is 35.8 Å². The Hall–Kier alpha value is -3.44. The van der Waals surface area contributed by atoms with Crippen molar-refractivity contribution in [3.63, 3.8) is 0 Å². The van der Waals surface area contributed by atoms with Gasteiger partial charge in [0.15, 0.2) is 0 Å². The van der Waals surface area contributed by atoms with Crippen LogP contribution >= 0.6 is 0 Å². The molecule has 3 aromatic carbocycles. The van der Waals surface area contributed by atoms with Crippen molar-refractivity contribution in [1.29, 1.82) is 0 Å². The fourth-order valence-electron chi connectivity index (χ4n) is 3.53. The van der Waals surface area contributed by atoms with Crippen molar-refractivity contribution in [2.75, 3.05) is 18.1 Å². The van der Waals surface area contributed by atoms with Gasteiger partial charge in [-0.25, -0.2) is 4.90 Å². The van der Waals surface area contributed by atoms with E-state index in [0.717, 1.165) is 5.56 Å². The standard InChI is InChI=1S/C27H27NO4/c1-27(2,3)23-16-10-15-22(24(23)32-18-21-17-31-21)26(30)28(20-13-8-5-9-14-20)25(29)19-11-6-4-7-12-19/h4-16,21H,17-18H2,1-3H3. The fraction of sp³-hybridized carbons (Fsp3) is 0.259. The number of carbonyl (C=O) groups is 2. The summed E-state index contributed by atoms with van der Waals surface area (Å²) in [6.07, 6.45) is 0.0437. The summed E-state index contributed by atoms with van der Waals surface area (Å²) >= 11 is 0. The van der Waals surface area contributed by atoms with Crippen LogP contribution in [0.3, 0.4) is 0 Å². The van der Waals surface area contributed by atoms with Gasteiger partial charge in [-0.05, 0) is 35.7 Å². The molecule has 1 aliphatic heterocycles. The van der Waals surface area contributed by atoms with Crippen LogP contribution in [0.4, 0.5) is 5.69 Å². The van der Waals surface area contributed by atoms with Crippen molar-refractivity contribution in [3.05, 3.63) is 95.6 Å². The summed E-state index contributed by atoms with van der Waals surface area (Å²) in [6.45, 7) is 7.23. The van der Waals surface area contributed by atoms with Gasteiger partial charge in [0.05, 0.1) is 17.9 Å². The Morgan fingerprint density at radius 2 is 1.53 bits per heavy atom. The lowest BCUT2D eigenvalue weighted by atomic mass is 9.85. The molecule has 0 radical (unpaired) electrons. The molecule has 1 aliphatic rings. The highest BCUT2D eigenvalue weighted by molar-refractivity contribution is 6.26. The van der Waals surface area contributed by atoms with E-state index < -0.39 is 5.91 Å². The number of hydrogen-bond acceptors (Lipinski definition) is 4. The first-order valence-corrected chi connectivity index (χ1v) is 10.7. The number of benzene rings is 3. The zero-order valence-corrected chi connectivity index (χ0v) is 18.6. The molecule has 0 aromatic heterocycles. The van der Waals surface area contributed by atoms with E-state index in [9.17, 15) is 9.59 Å². The van der Waals surface area contributed by atoms with Crippen LogP contribution in [0.25, 0.3) is 0 Å². The molecule has 0 aliphatic carbocycles. The summed E-state index contributed by atoms with van der Waals surface area (Å²) in [5.74, 6) is -0.315. The van der Waals surface area contributed by atoms with Crippen LogP contribution in [0.2, 0.25) is 0 Å². The van der Waals surface area contributed by atoms with Crippen LogP contribution in [0, 0.1) is 0 Å². The number of epoxide rings is 1. The topological polar surface area (TPSA) is 59.1 Å². The molecular formula is C27H27NO4. The van der Waals surface area contributed by atoms with Gasteiger partial charge in [0.2, 0.25) is 0 Å². The van der Waals surface area contributed by atoms with Gasteiger partial charge < -0.3 is 9.47 Å². The van der Waals surface area contributed by atoms with E-state index in [1.54, 1.807) is 54.6 Å². The van der Waals surface area contributed by atoms with E-state index >= 15 is 0 Å². The minimum atomic E-state index is -0.428. The van der Waals surface area contributed by atoms with Crippen LogP contribution in [-0.2, 0) is 10.2 Å². The Morgan fingerprint density at radius 3 is 2.12 bits per heavy atom. The van der Waals surface area contributed by atoms with Gasteiger partial charge in [-0.15, -0.1) is 0 Å². The molecule has 4 rings (SSSR count). The number of para-hydroxylation sites is 2. The van der Waals surface area contributed by atoms with Gasteiger partial charge in [-0.3, -0.25) is 9.59 Å². The summed E-state index contributed by atoms with van der Waals surface area (Å²) in [5, 5.41) is 0. The van der Waals surface area contributed by atoms with Gasteiger partial charge in [-0.2, -0.15) is 0 Å². The highest BCUT2D eigenvalue weighted by Gasteiger charge is 2.32. The van der Waals surface area contributed by atoms with Crippen LogP contribution in [0.1, 0.15) is 47.1 Å². The number of imide groups is 1. The summed E-state index contributed by atoms with van der Waals surface area (Å²) in [5.41, 5.74) is 1.95. The monoisotopic (exact) mass is 429 g/mol. The smallest absolute Gasteiger partial charge is 0.269 e. The first-order valence-electron chi connectivity index (χ1n) is 10.7. The SMILES string of the molecule is CC(C)(C)c1cccc(C(=O)N(C(=O)c2ccccc2)c2ccccc2)c1OCC1CO1. The summed E-state index contributed by atoms with van der Waals surface area (Å²) in [7, 11) is 0. The highest BCUT2D eigenvalue weighted by Crippen LogP contribution is 2.36. The third-order valence-electron chi connectivity index (χ3n) is 5.31. The molecule has 0 N–H and O–H groups in total. The molecule has 5 nitrogen and oxygen atoms in total. The predicted octanol–water partition coefficient (Wildman–Crippen LogP) is 5.25. The number of ether oxygens (including phenoxy) is 2. The molecule has 1 unspecified atom stereocenters. The Kier molecular flexibility index (Phi) is 6.10. The van der Waals surface area contributed by atoms with Crippen LogP contribution < -0.4 is 9.64 Å².